The Morgan fingerprint density at radius 1 is 1.32 bits per heavy atom. The van der Waals surface area contributed by atoms with Gasteiger partial charge in [0.1, 0.15) is 5.82 Å². The lowest BCUT2D eigenvalue weighted by atomic mass is 9.96. The highest BCUT2D eigenvalue weighted by molar-refractivity contribution is 9.10. The number of amides is 2. The van der Waals surface area contributed by atoms with Crippen LogP contribution in [0.1, 0.15) is 55.8 Å². The first-order chi connectivity index (χ1) is 12.0. The number of carbonyl (C=O) groups excluding carboxylic acids is 2. The zero-order valence-electron chi connectivity index (χ0n) is 14.7. The molecule has 0 aromatic heterocycles. The van der Waals surface area contributed by atoms with Crippen molar-refractivity contribution in [3.8, 4) is 0 Å². The molecule has 0 bridgehead atoms. The molecule has 1 aliphatic rings. The van der Waals surface area contributed by atoms with Gasteiger partial charge in [0.25, 0.3) is 5.91 Å². The molecule has 1 atom stereocenters. The minimum atomic E-state index is -0.454. The normalized spacial score (nSPS) is 17.4. The summed E-state index contributed by atoms with van der Waals surface area (Å²) in [5, 5.41) is 2.98. The van der Waals surface area contributed by atoms with Crippen LogP contribution < -0.4 is 5.32 Å². The van der Waals surface area contributed by atoms with Crippen molar-refractivity contribution in [2.45, 2.75) is 45.4 Å². The Balaban J connectivity index is 1.88. The lowest BCUT2D eigenvalue weighted by Gasteiger charge is -2.32. The summed E-state index contributed by atoms with van der Waals surface area (Å²) in [4.78, 5) is 26.6. The molecule has 1 saturated heterocycles. The molecule has 1 heterocycles. The monoisotopic (exact) mass is 412 g/mol. The van der Waals surface area contributed by atoms with Crippen LogP contribution in [-0.4, -0.2) is 36.3 Å². The molecule has 25 heavy (non-hydrogen) atoms. The van der Waals surface area contributed by atoms with Crippen molar-refractivity contribution in [3.05, 3.63) is 34.1 Å². The zero-order chi connectivity index (χ0) is 18.2. The van der Waals surface area contributed by atoms with Crippen LogP contribution in [0.2, 0.25) is 0 Å². The number of nitrogens with one attached hydrogen (secondary N) is 1. The molecule has 1 aromatic rings. The van der Waals surface area contributed by atoms with Crippen LogP contribution in [0.15, 0.2) is 22.7 Å². The number of likely N-dealkylation sites (tertiary alicyclic amines) is 1. The van der Waals surface area contributed by atoms with Crippen molar-refractivity contribution in [2.75, 3.05) is 19.6 Å². The van der Waals surface area contributed by atoms with E-state index in [1.165, 1.54) is 25.0 Å². The van der Waals surface area contributed by atoms with E-state index in [9.17, 15) is 14.0 Å². The maximum absolute atomic E-state index is 13.7. The van der Waals surface area contributed by atoms with Crippen LogP contribution in [0.4, 0.5) is 4.39 Å². The van der Waals surface area contributed by atoms with Gasteiger partial charge in [-0.25, -0.2) is 4.39 Å². The van der Waals surface area contributed by atoms with E-state index in [1.807, 2.05) is 0 Å². The fourth-order valence-corrected chi connectivity index (χ4v) is 3.34. The topological polar surface area (TPSA) is 49.4 Å². The molecule has 1 aromatic carbocycles. The molecule has 4 nitrogen and oxygen atoms in total. The molecule has 1 N–H and O–H groups in total. The fraction of sp³-hybridized carbons (Fsp3) is 0.579. The first kappa shape index (κ1) is 19.9. The van der Waals surface area contributed by atoms with Gasteiger partial charge in [0.2, 0.25) is 5.91 Å². The summed E-state index contributed by atoms with van der Waals surface area (Å²) in [5.74, 6) is -0.823. The van der Waals surface area contributed by atoms with E-state index in [1.54, 1.807) is 11.0 Å². The Morgan fingerprint density at radius 2 is 2.12 bits per heavy atom. The second kappa shape index (κ2) is 9.90. The molecule has 0 saturated carbocycles. The van der Waals surface area contributed by atoms with Crippen LogP contribution in [0, 0.1) is 11.7 Å². The second-order valence-corrected chi connectivity index (χ2v) is 7.43. The molecule has 0 spiro atoms. The average molecular weight is 413 g/mol. The summed E-state index contributed by atoms with van der Waals surface area (Å²) in [7, 11) is 0. The molecule has 1 aliphatic heterocycles. The van der Waals surface area contributed by atoms with Gasteiger partial charge in [-0.1, -0.05) is 26.2 Å². The van der Waals surface area contributed by atoms with Gasteiger partial charge in [0, 0.05) is 25.2 Å². The summed E-state index contributed by atoms with van der Waals surface area (Å²) >= 11 is 3.09. The largest absolute Gasteiger partial charge is 0.356 e. The molecule has 0 aliphatic carbocycles. The number of halogens is 2. The maximum atomic E-state index is 13.7. The first-order valence-corrected chi connectivity index (χ1v) is 9.84. The van der Waals surface area contributed by atoms with Gasteiger partial charge in [-0.05, 0) is 53.4 Å². The highest BCUT2D eigenvalue weighted by atomic mass is 79.9. The molecular formula is C19H26BrFN2O2. The molecule has 6 heteroatoms. The number of piperidine rings is 1. The third-order valence-corrected chi connectivity index (χ3v) is 5.22. The van der Waals surface area contributed by atoms with Crippen molar-refractivity contribution >= 4 is 27.7 Å². The number of unbranched alkanes of at least 4 members (excludes halogenated alkanes) is 3. The average Bonchev–Trinajstić information content (AvgIpc) is 2.63. The van der Waals surface area contributed by atoms with E-state index in [-0.39, 0.29) is 17.7 Å². The van der Waals surface area contributed by atoms with Crippen LogP contribution >= 0.6 is 15.9 Å². The Kier molecular flexibility index (Phi) is 7.88. The van der Waals surface area contributed by atoms with E-state index in [2.05, 4.69) is 28.2 Å². The summed E-state index contributed by atoms with van der Waals surface area (Å²) in [6, 6.07) is 4.38. The van der Waals surface area contributed by atoms with Gasteiger partial charge in [-0.3, -0.25) is 9.59 Å². The predicted molar refractivity (Wildman–Crippen MR) is 99.9 cm³/mol. The lowest BCUT2D eigenvalue weighted by Crippen LogP contribution is -2.45. The minimum absolute atomic E-state index is 0.0241. The molecule has 2 rings (SSSR count). The van der Waals surface area contributed by atoms with Crippen molar-refractivity contribution in [3.63, 3.8) is 0 Å². The molecule has 2 amide bonds. The lowest BCUT2D eigenvalue weighted by molar-refractivity contribution is -0.126. The Labute approximate surface area is 157 Å². The number of rotatable bonds is 7. The minimum Gasteiger partial charge on any atom is -0.356 e. The number of nitrogens with zero attached hydrogens (tertiary/aromatic N) is 1. The predicted octanol–water partition coefficient (Wildman–Crippen LogP) is 4.14. The molecular weight excluding hydrogens is 387 g/mol. The highest BCUT2D eigenvalue weighted by Gasteiger charge is 2.28. The summed E-state index contributed by atoms with van der Waals surface area (Å²) in [6.07, 6.45) is 6.06. The van der Waals surface area contributed by atoms with E-state index in [4.69, 9.17) is 0 Å². The molecule has 138 valence electrons. The number of benzene rings is 1. The summed E-state index contributed by atoms with van der Waals surface area (Å²) < 4.78 is 14.0. The van der Waals surface area contributed by atoms with Gasteiger partial charge >= 0.3 is 0 Å². The molecule has 1 fully saturated rings. The van der Waals surface area contributed by atoms with Gasteiger partial charge in [0.15, 0.2) is 0 Å². The van der Waals surface area contributed by atoms with Gasteiger partial charge in [-0.15, -0.1) is 0 Å². The fourth-order valence-electron chi connectivity index (χ4n) is 3.10. The number of hydrogen-bond donors (Lipinski definition) is 1. The van der Waals surface area contributed by atoms with Crippen LogP contribution in [0.25, 0.3) is 0 Å². The van der Waals surface area contributed by atoms with E-state index >= 15 is 0 Å². The Hall–Kier alpha value is -1.43. The first-order valence-electron chi connectivity index (χ1n) is 9.05. The van der Waals surface area contributed by atoms with Crippen molar-refractivity contribution < 1.29 is 14.0 Å². The second-order valence-electron chi connectivity index (χ2n) is 6.57. The van der Waals surface area contributed by atoms with E-state index in [0.29, 0.717) is 29.7 Å². The van der Waals surface area contributed by atoms with Crippen molar-refractivity contribution in [2.24, 2.45) is 5.92 Å². The van der Waals surface area contributed by atoms with Crippen LogP contribution in [0.5, 0.6) is 0 Å². The van der Waals surface area contributed by atoms with E-state index in [0.717, 1.165) is 25.7 Å². The summed E-state index contributed by atoms with van der Waals surface area (Å²) in [5.41, 5.74) is 0.321. The van der Waals surface area contributed by atoms with Gasteiger partial charge in [0.05, 0.1) is 10.4 Å². The van der Waals surface area contributed by atoms with Crippen LogP contribution in [-0.2, 0) is 4.79 Å². The van der Waals surface area contributed by atoms with Crippen molar-refractivity contribution in [1.82, 2.24) is 10.2 Å². The quantitative estimate of drug-likeness (QED) is 0.684. The summed E-state index contributed by atoms with van der Waals surface area (Å²) in [6.45, 7) is 3.86. The Morgan fingerprint density at radius 3 is 2.84 bits per heavy atom. The van der Waals surface area contributed by atoms with Gasteiger partial charge in [-0.2, -0.15) is 0 Å². The van der Waals surface area contributed by atoms with Crippen molar-refractivity contribution in [1.29, 1.82) is 0 Å². The third-order valence-electron chi connectivity index (χ3n) is 4.58. The number of carbonyl (C=O) groups is 2. The number of hydrogen-bond acceptors (Lipinski definition) is 2. The van der Waals surface area contributed by atoms with E-state index < -0.39 is 5.82 Å². The SMILES string of the molecule is CCCCCCNC(=O)C1CCCN(C(=O)c2ccc(Br)c(F)c2)C1. The Bertz CT molecular complexity index is 609. The van der Waals surface area contributed by atoms with Gasteiger partial charge < -0.3 is 10.2 Å². The smallest absolute Gasteiger partial charge is 0.253 e. The zero-order valence-corrected chi connectivity index (χ0v) is 16.3. The highest BCUT2D eigenvalue weighted by Crippen LogP contribution is 2.21. The molecule has 0 radical (unpaired) electrons. The van der Waals surface area contributed by atoms with Crippen LogP contribution in [0.3, 0.4) is 0 Å². The molecule has 1 unspecified atom stereocenters. The third kappa shape index (κ3) is 5.80. The standard InChI is InChI=1S/C19H26BrFN2O2/c1-2-3-4-5-10-22-18(24)15-7-6-11-23(13-15)19(25)14-8-9-16(20)17(21)12-14/h8-9,12,15H,2-7,10-11,13H2,1H3,(H,22,24). The maximum Gasteiger partial charge on any atom is 0.253 e.